The minimum absolute atomic E-state index is 0.0285. The van der Waals surface area contributed by atoms with Crippen LogP contribution in [0, 0.1) is 11.7 Å². The molecular formula is C21H27FN4O2S. The number of rotatable bonds is 5. The van der Waals surface area contributed by atoms with Gasteiger partial charge in [-0.1, -0.05) is 25.1 Å². The zero-order chi connectivity index (χ0) is 20.4. The van der Waals surface area contributed by atoms with Crippen LogP contribution in [0.4, 0.5) is 4.39 Å². The molecule has 1 aromatic carbocycles. The van der Waals surface area contributed by atoms with Crippen LogP contribution in [-0.2, 0) is 9.59 Å². The predicted molar refractivity (Wildman–Crippen MR) is 112 cm³/mol. The predicted octanol–water partition coefficient (Wildman–Crippen LogP) is 1.89. The summed E-state index contributed by atoms with van der Waals surface area (Å²) in [7, 11) is 0. The van der Waals surface area contributed by atoms with Crippen LogP contribution < -0.4 is 16.0 Å². The van der Waals surface area contributed by atoms with Crippen LogP contribution in [0.2, 0.25) is 0 Å². The van der Waals surface area contributed by atoms with Gasteiger partial charge in [-0.15, -0.1) is 11.8 Å². The van der Waals surface area contributed by atoms with E-state index in [1.54, 1.807) is 12.1 Å². The lowest BCUT2D eigenvalue weighted by atomic mass is 9.94. The van der Waals surface area contributed by atoms with Crippen LogP contribution in [0.25, 0.3) is 5.57 Å². The van der Waals surface area contributed by atoms with Gasteiger partial charge in [0.1, 0.15) is 17.4 Å². The van der Waals surface area contributed by atoms with Crippen LogP contribution in [0.3, 0.4) is 0 Å². The van der Waals surface area contributed by atoms with Crippen molar-refractivity contribution in [1.82, 2.24) is 20.9 Å². The first kappa shape index (κ1) is 20.4. The minimum Gasteiger partial charge on any atom is -0.356 e. The minimum atomic E-state index is -0.308. The normalized spacial score (nSPS) is 27.9. The van der Waals surface area contributed by atoms with Gasteiger partial charge in [-0.2, -0.15) is 0 Å². The highest BCUT2D eigenvalue weighted by Crippen LogP contribution is 2.39. The van der Waals surface area contributed by atoms with Gasteiger partial charge in [-0.05, 0) is 36.3 Å². The fraction of sp³-hybridized carbons (Fsp3) is 0.524. The molecule has 2 saturated heterocycles. The molecule has 2 amide bonds. The number of hydrogen-bond acceptors (Lipinski definition) is 5. The van der Waals surface area contributed by atoms with Gasteiger partial charge in [-0.3, -0.25) is 19.8 Å². The highest BCUT2D eigenvalue weighted by molar-refractivity contribution is 8.04. The summed E-state index contributed by atoms with van der Waals surface area (Å²) in [6.45, 7) is 4.21. The number of piperidine rings is 1. The molecule has 3 aliphatic rings. The van der Waals surface area contributed by atoms with E-state index < -0.39 is 0 Å². The van der Waals surface area contributed by atoms with Crippen LogP contribution in [0.5, 0.6) is 0 Å². The lowest BCUT2D eigenvalue weighted by Gasteiger charge is -2.43. The lowest BCUT2D eigenvalue weighted by molar-refractivity contribution is -0.129. The van der Waals surface area contributed by atoms with E-state index in [4.69, 9.17) is 0 Å². The number of carbonyl (C=O) groups excluding carboxylic acids is 2. The molecule has 0 spiro atoms. The molecule has 3 aliphatic heterocycles. The number of halogens is 1. The first-order valence-electron chi connectivity index (χ1n) is 10.3. The molecule has 156 valence electrons. The first-order chi connectivity index (χ1) is 14.1. The van der Waals surface area contributed by atoms with E-state index >= 15 is 0 Å². The number of nitrogens with zero attached hydrogens (tertiary/aromatic N) is 1. The Labute approximate surface area is 174 Å². The van der Waals surface area contributed by atoms with E-state index in [1.807, 2.05) is 18.4 Å². The molecule has 3 atom stereocenters. The number of amides is 2. The summed E-state index contributed by atoms with van der Waals surface area (Å²) in [5.74, 6) is -0.151. The average Bonchev–Trinajstić information content (AvgIpc) is 3.17. The molecule has 2 fully saturated rings. The topological polar surface area (TPSA) is 73.5 Å². The second-order valence-corrected chi connectivity index (χ2v) is 8.78. The molecule has 6 nitrogen and oxygen atoms in total. The summed E-state index contributed by atoms with van der Waals surface area (Å²) in [6, 6.07) is 6.45. The Morgan fingerprint density at radius 1 is 1.31 bits per heavy atom. The Morgan fingerprint density at radius 3 is 2.79 bits per heavy atom. The van der Waals surface area contributed by atoms with E-state index in [0.29, 0.717) is 12.1 Å². The second kappa shape index (κ2) is 8.85. The van der Waals surface area contributed by atoms with Crippen molar-refractivity contribution in [3.8, 4) is 0 Å². The highest BCUT2D eigenvalue weighted by Gasteiger charge is 2.44. The number of benzene rings is 1. The van der Waals surface area contributed by atoms with Gasteiger partial charge < -0.3 is 10.6 Å². The second-order valence-electron chi connectivity index (χ2n) is 7.77. The molecule has 3 heterocycles. The van der Waals surface area contributed by atoms with Crippen molar-refractivity contribution in [3.05, 3.63) is 41.1 Å². The third-order valence-corrected chi connectivity index (χ3v) is 7.02. The Bertz CT molecular complexity index is 810. The van der Waals surface area contributed by atoms with Crippen molar-refractivity contribution in [1.29, 1.82) is 0 Å². The molecule has 0 bridgehead atoms. The Balaban J connectivity index is 1.41. The Morgan fingerprint density at radius 2 is 2.07 bits per heavy atom. The van der Waals surface area contributed by atoms with Gasteiger partial charge in [0.25, 0.3) is 0 Å². The third-order valence-electron chi connectivity index (χ3n) is 5.85. The molecule has 3 N–H and O–H groups in total. The monoisotopic (exact) mass is 418 g/mol. The third kappa shape index (κ3) is 4.20. The van der Waals surface area contributed by atoms with Gasteiger partial charge in [-0.25, -0.2) is 4.39 Å². The fourth-order valence-electron chi connectivity index (χ4n) is 4.22. The van der Waals surface area contributed by atoms with Crippen molar-refractivity contribution in [2.75, 3.05) is 19.6 Å². The number of nitrogens with one attached hydrogen (secondary N) is 3. The van der Waals surface area contributed by atoms with Crippen LogP contribution in [-0.4, -0.2) is 53.9 Å². The van der Waals surface area contributed by atoms with Crippen molar-refractivity contribution < 1.29 is 14.0 Å². The largest absolute Gasteiger partial charge is 0.356 e. The Hall–Kier alpha value is -1.90. The molecule has 0 radical (unpaired) electrons. The maximum Gasteiger partial charge on any atom is 0.237 e. The van der Waals surface area contributed by atoms with Crippen molar-refractivity contribution in [3.63, 3.8) is 0 Å². The Kier molecular flexibility index (Phi) is 6.22. The molecule has 4 rings (SSSR count). The van der Waals surface area contributed by atoms with Crippen LogP contribution in [0.1, 0.15) is 31.7 Å². The standard InChI is InChI=1S/C21H27FN4O2S/c1-2-9-23-19(27)13-7-10-26(11-8-13)21-24-17-15(12-29-18(17)20(28)25-21)14-5-3-4-6-16(14)22/h3-6,12-13,17-18,21,24H,2,7-11H2,1H3,(H,23,27)(H,25,28). The average molecular weight is 419 g/mol. The van der Waals surface area contributed by atoms with E-state index in [2.05, 4.69) is 20.9 Å². The lowest BCUT2D eigenvalue weighted by Crippen LogP contribution is -2.68. The molecule has 8 heteroatoms. The summed E-state index contributed by atoms with van der Waals surface area (Å²) in [4.78, 5) is 27.1. The van der Waals surface area contributed by atoms with Crippen molar-refractivity contribution >= 4 is 29.1 Å². The summed E-state index contributed by atoms with van der Waals surface area (Å²) < 4.78 is 14.3. The molecule has 0 aromatic heterocycles. The number of carbonyl (C=O) groups is 2. The molecular weight excluding hydrogens is 391 g/mol. The summed E-state index contributed by atoms with van der Waals surface area (Å²) >= 11 is 1.43. The summed E-state index contributed by atoms with van der Waals surface area (Å²) in [6.07, 6.45) is 2.16. The zero-order valence-corrected chi connectivity index (χ0v) is 17.3. The quantitative estimate of drug-likeness (QED) is 0.681. The first-order valence-corrected chi connectivity index (χ1v) is 11.2. The van der Waals surface area contributed by atoms with Gasteiger partial charge >= 0.3 is 0 Å². The van der Waals surface area contributed by atoms with Crippen molar-refractivity contribution in [2.45, 2.75) is 43.8 Å². The van der Waals surface area contributed by atoms with E-state index in [0.717, 1.165) is 37.9 Å². The maximum absolute atomic E-state index is 14.3. The molecule has 3 unspecified atom stereocenters. The molecule has 0 saturated carbocycles. The van der Waals surface area contributed by atoms with Crippen molar-refractivity contribution in [2.24, 2.45) is 5.92 Å². The summed E-state index contributed by atoms with van der Waals surface area (Å²) in [5, 5.41) is 11.1. The van der Waals surface area contributed by atoms with E-state index in [-0.39, 0.29) is 41.1 Å². The van der Waals surface area contributed by atoms with Gasteiger partial charge in [0, 0.05) is 31.1 Å². The van der Waals surface area contributed by atoms with Crippen LogP contribution >= 0.6 is 11.8 Å². The molecule has 29 heavy (non-hydrogen) atoms. The van der Waals surface area contributed by atoms with E-state index in [1.165, 1.54) is 17.8 Å². The summed E-state index contributed by atoms with van der Waals surface area (Å²) in [5.41, 5.74) is 1.37. The number of thioether (sulfide) groups is 1. The fourth-order valence-corrected chi connectivity index (χ4v) is 5.36. The number of likely N-dealkylation sites (tertiary alicyclic amines) is 1. The zero-order valence-electron chi connectivity index (χ0n) is 16.5. The van der Waals surface area contributed by atoms with E-state index in [9.17, 15) is 14.0 Å². The van der Waals surface area contributed by atoms with Gasteiger partial charge in [0.2, 0.25) is 11.8 Å². The molecule has 0 aliphatic carbocycles. The van der Waals surface area contributed by atoms with Crippen LogP contribution in [0.15, 0.2) is 29.7 Å². The molecule has 1 aromatic rings. The smallest absolute Gasteiger partial charge is 0.237 e. The maximum atomic E-state index is 14.3. The SMILES string of the molecule is CCCNC(=O)C1CCN(C2NC(=O)C3SC=C(c4ccccc4F)C3N2)CC1. The number of fused-ring (bicyclic) bond motifs is 1. The van der Waals surface area contributed by atoms with Gasteiger partial charge in [0.05, 0.1) is 6.04 Å². The van der Waals surface area contributed by atoms with Gasteiger partial charge in [0.15, 0.2) is 0 Å². The highest BCUT2D eigenvalue weighted by atomic mass is 32.2. The number of hydrogen-bond donors (Lipinski definition) is 3.